The van der Waals surface area contributed by atoms with E-state index in [2.05, 4.69) is 15.9 Å². The number of halogens is 1. The van der Waals surface area contributed by atoms with Gasteiger partial charge < -0.3 is 14.2 Å². The van der Waals surface area contributed by atoms with Crippen LogP contribution in [0.5, 0.6) is 0 Å². The number of esters is 2. The highest BCUT2D eigenvalue weighted by Gasteiger charge is 2.46. The Morgan fingerprint density at radius 3 is 2.11 bits per heavy atom. The third-order valence-corrected chi connectivity index (χ3v) is 3.73. The molecule has 104 valence electrons. The van der Waals surface area contributed by atoms with Crippen molar-refractivity contribution in [3.63, 3.8) is 0 Å². The number of hydrogen-bond acceptors (Lipinski definition) is 5. The number of ether oxygens (including phenoxy) is 3. The maximum atomic E-state index is 11.2. The van der Waals surface area contributed by atoms with Gasteiger partial charge in [-0.25, -0.2) is 0 Å². The molecule has 0 amide bonds. The first-order chi connectivity index (χ1) is 8.36. The lowest BCUT2D eigenvalue weighted by atomic mass is 9.90. The fraction of sp³-hybridized carbons (Fsp3) is 0.833. The van der Waals surface area contributed by atoms with Gasteiger partial charge in [0, 0.05) is 19.8 Å². The lowest BCUT2D eigenvalue weighted by Gasteiger charge is -2.42. The van der Waals surface area contributed by atoms with E-state index in [9.17, 15) is 9.59 Å². The van der Waals surface area contributed by atoms with Crippen molar-refractivity contribution < 1.29 is 23.8 Å². The highest BCUT2D eigenvalue weighted by Crippen LogP contribution is 2.34. The van der Waals surface area contributed by atoms with Crippen LogP contribution in [0.1, 0.15) is 34.1 Å². The minimum Gasteiger partial charge on any atom is -0.458 e. The van der Waals surface area contributed by atoms with Gasteiger partial charge in [-0.1, -0.05) is 29.8 Å². The molecule has 0 N–H and O–H groups in total. The zero-order valence-electron chi connectivity index (χ0n) is 11.0. The monoisotopic (exact) mass is 322 g/mol. The average Bonchev–Trinajstić information content (AvgIpc) is 2.27. The Bertz CT molecular complexity index is 320. The van der Waals surface area contributed by atoms with Gasteiger partial charge in [0.2, 0.25) is 0 Å². The summed E-state index contributed by atoms with van der Waals surface area (Å²) in [4.78, 5) is 22.3. The van der Waals surface area contributed by atoms with E-state index < -0.39 is 23.2 Å². The van der Waals surface area contributed by atoms with Gasteiger partial charge >= 0.3 is 11.9 Å². The molecular weight excluding hydrogens is 304 g/mol. The zero-order chi connectivity index (χ0) is 13.9. The molecule has 0 bridgehead atoms. The van der Waals surface area contributed by atoms with Crippen LogP contribution in [-0.2, 0) is 23.8 Å². The van der Waals surface area contributed by atoms with Gasteiger partial charge in [0.1, 0.15) is 6.10 Å². The van der Waals surface area contributed by atoms with Crippen molar-refractivity contribution >= 4 is 27.9 Å². The highest BCUT2D eigenvalue weighted by molar-refractivity contribution is 9.09. The molecule has 1 aliphatic rings. The standard InChI is InChI=1S/C12H19BrO5/c1-5-9-6(2)10(16-7(3)14)11(12(13)18-9)17-8(4)15/h6,9-12H,5H2,1-4H3/t6?,9-,10+,11-,12+/m1/s1. The van der Waals surface area contributed by atoms with Crippen LogP contribution < -0.4 is 0 Å². The fourth-order valence-electron chi connectivity index (χ4n) is 2.17. The molecule has 0 aromatic rings. The van der Waals surface area contributed by atoms with Crippen LogP contribution in [0.15, 0.2) is 0 Å². The molecule has 1 aliphatic heterocycles. The lowest BCUT2D eigenvalue weighted by molar-refractivity contribution is -0.206. The SMILES string of the molecule is CC[C@H]1O[C@H](Br)[C@H](OC(C)=O)[C@@H](OC(C)=O)C1C. The Morgan fingerprint density at radius 1 is 1.17 bits per heavy atom. The van der Waals surface area contributed by atoms with E-state index in [1.54, 1.807) is 0 Å². The molecule has 6 heteroatoms. The van der Waals surface area contributed by atoms with Crippen molar-refractivity contribution in [2.45, 2.75) is 57.4 Å². The Kier molecular flexibility index (Phi) is 5.59. The first kappa shape index (κ1) is 15.4. The first-order valence-electron chi connectivity index (χ1n) is 6.00. The fourth-order valence-corrected chi connectivity index (χ4v) is 2.86. The van der Waals surface area contributed by atoms with E-state index in [1.165, 1.54) is 13.8 Å². The van der Waals surface area contributed by atoms with Crippen LogP contribution in [0.3, 0.4) is 0 Å². The Balaban J connectivity index is 2.89. The van der Waals surface area contributed by atoms with E-state index in [0.29, 0.717) is 0 Å². The third kappa shape index (κ3) is 3.68. The van der Waals surface area contributed by atoms with Gasteiger partial charge in [-0.05, 0) is 6.42 Å². The third-order valence-electron chi connectivity index (χ3n) is 3.00. The molecule has 0 saturated carbocycles. The molecule has 1 heterocycles. The summed E-state index contributed by atoms with van der Waals surface area (Å²) in [5.74, 6) is -0.843. The van der Waals surface area contributed by atoms with Gasteiger partial charge in [0.25, 0.3) is 0 Å². The lowest BCUT2D eigenvalue weighted by Crippen LogP contribution is -2.54. The summed E-state index contributed by atoms with van der Waals surface area (Å²) in [6.07, 6.45) is -0.349. The molecule has 0 aromatic heterocycles. The molecule has 1 rings (SSSR count). The van der Waals surface area contributed by atoms with E-state index in [1.807, 2.05) is 13.8 Å². The molecule has 1 fully saturated rings. The normalized spacial score (nSPS) is 35.9. The summed E-state index contributed by atoms with van der Waals surface area (Å²) in [6.45, 7) is 6.59. The molecule has 0 radical (unpaired) electrons. The summed E-state index contributed by atoms with van der Waals surface area (Å²) in [7, 11) is 0. The maximum Gasteiger partial charge on any atom is 0.303 e. The largest absolute Gasteiger partial charge is 0.458 e. The average molecular weight is 323 g/mol. The Morgan fingerprint density at radius 2 is 1.67 bits per heavy atom. The van der Waals surface area contributed by atoms with Gasteiger partial charge in [0.05, 0.1) is 6.10 Å². The Labute approximate surface area is 115 Å². The summed E-state index contributed by atoms with van der Waals surface area (Å²) in [5.41, 5.74) is 0. The number of carbonyl (C=O) groups excluding carboxylic acids is 2. The second-order valence-electron chi connectivity index (χ2n) is 4.44. The van der Waals surface area contributed by atoms with Gasteiger partial charge in [0.15, 0.2) is 11.1 Å². The highest BCUT2D eigenvalue weighted by atomic mass is 79.9. The van der Waals surface area contributed by atoms with E-state index in [4.69, 9.17) is 14.2 Å². The van der Waals surface area contributed by atoms with Gasteiger partial charge in [-0.2, -0.15) is 0 Å². The molecule has 5 atom stereocenters. The Hall–Kier alpha value is -0.620. The number of rotatable bonds is 3. The zero-order valence-corrected chi connectivity index (χ0v) is 12.6. The topological polar surface area (TPSA) is 61.8 Å². The van der Waals surface area contributed by atoms with E-state index in [0.717, 1.165) is 6.42 Å². The van der Waals surface area contributed by atoms with Gasteiger partial charge in [-0.15, -0.1) is 0 Å². The smallest absolute Gasteiger partial charge is 0.303 e. The number of alkyl halides is 1. The van der Waals surface area contributed by atoms with Crippen molar-refractivity contribution in [2.24, 2.45) is 5.92 Å². The van der Waals surface area contributed by atoms with Crippen molar-refractivity contribution in [3.05, 3.63) is 0 Å². The van der Waals surface area contributed by atoms with E-state index >= 15 is 0 Å². The number of hydrogen-bond donors (Lipinski definition) is 0. The second kappa shape index (κ2) is 6.52. The minimum absolute atomic E-state index is 0.0305. The summed E-state index contributed by atoms with van der Waals surface area (Å²) >= 11 is 3.33. The summed E-state index contributed by atoms with van der Waals surface area (Å²) in [5, 5.41) is -0.466. The molecule has 5 nitrogen and oxygen atoms in total. The molecule has 1 saturated heterocycles. The van der Waals surface area contributed by atoms with Crippen molar-refractivity contribution in [3.8, 4) is 0 Å². The molecular formula is C12H19BrO5. The maximum absolute atomic E-state index is 11.2. The molecule has 1 unspecified atom stereocenters. The van der Waals surface area contributed by atoms with Crippen LogP contribution in [0.2, 0.25) is 0 Å². The van der Waals surface area contributed by atoms with Crippen molar-refractivity contribution in [1.82, 2.24) is 0 Å². The first-order valence-corrected chi connectivity index (χ1v) is 6.92. The number of carbonyl (C=O) groups is 2. The summed E-state index contributed by atoms with van der Waals surface area (Å²) in [6, 6.07) is 0. The van der Waals surface area contributed by atoms with Crippen LogP contribution in [-0.4, -0.2) is 35.3 Å². The van der Waals surface area contributed by atoms with E-state index in [-0.39, 0.29) is 18.0 Å². The van der Waals surface area contributed by atoms with Crippen LogP contribution >= 0.6 is 15.9 Å². The minimum atomic E-state index is -0.621. The molecule has 0 spiro atoms. The predicted octanol–water partition coefficient (Wildman–Crippen LogP) is 2.02. The van der Waals surface area contributed by atoms with Crippen molar-refractivity contribution in [1.29, 1.82) is 0 Å². The van der Waals surface area contributed by atoms with Gasteiger partial charge in [-0.3, -0.25) is 9.59 Å². The van der Waals surface area contributed by atoms with Crippen LogP contribution in [0.4, 0.5) is 0 Å². The molecule has 0 aromatic carbocycles. The predicted molar refractivity (Wildman–Crippen MR) is 68.2 cm³/mol. The molecule has 18 heavy (non-hydrogen) atoms. The van der Waals surface area contributed by atoms with Crippen LogP contribution in [0.25, 0.3) is 0 Å². The second-order valence-corrected chi connectivity index (χ2v) is 5.34. The van der Waals surface area contributed by atoms with Crippen molar-refractivity contribution in [2.75, 3.05) is 0 Å². The molecule has 0 aliphatic carbocycles. The quantitative estimate of drug-likeness (QED) is 0.587. The van der Waals surface area contributed by atoms with Crippen LogP contribution in [0, 0.1) is 5.92 Å². The summed E-state index contributed by atoms with van der Waals surface area (Å²) < 4.78 is 16.2.